The third-order valence-electron chi connectivity index (χ3n) is 5.64. The van der Waals surface area contributed by atoms with Crippen molar-refractivity contribution in [2.45, 2.75) is 31.7 Å². The molecule has 0 aliphatic carbocycles. The van der Waals surface area contributed by atoms with Crippen molar-refractivity contribution in [2.24, 2.45) is 0 Å². The molecular formula is C26H25NO3. The molecule has 2 amide bonds. The van der Waals surface area contributed by atoms with E-state index in [-0.39, 0.29) is 24.5 Å². The minimum atomic E-state index is -0.541. The number of cyclic esters (lactones) is 1. The fraction of sp³-hybridized carbons (Fsp3) is 0.231. The van der Waals surface area contributed by atoms with Gasteiger partial charge >= 0.3 is 6.09 Å². The maximum Gasteiger partial charge on any atom is 0.417 e. The molecule has 30 heavy (non-hydrogen) atoms. The molecule has 0 spiro atoms. The number of amides is 2. The monoisotopic (exact) mass is 399 g/mol. The lowest BCUT2D eigenvalue weighted by molar-refractivity contribution is -0.130. The van der Waals surface area contributed by atoms with E-state index >= 15 is 0 Å². The lowest BCUT2D eigenvalue weighted by Crippen LogP contribution is -2.42. The Morgan fingerprint density at radius 3 is 2.17 bits per heavy atom. The Morgan fingerprint density at radius 1 is 0.933 bits per heavy atom. The quantitative estimate of drug-likeness (QED) is 0.555. The fourth-order valence-electron chi connectivity index (χ4n) is 4.03. The van der Waals surface area contributed by atoms with Crippen LogP contribution >= 0.6 is 0 Å². The molecule has 4 nitrogen and oxygen atoms in total. The number of benzene rings is 3. The zero-order valence-electron chi connectivity index (χ0n) is 17.0. The summed E-state index contributed by atoms with van der Waals surface area (Å²) in [5.41, 5.74) is 4.23. The first-order chi connectivity index (χ1) is 14.7. The molecule has 4 rings (SSSR count). The molecule has 3 aromatic rings. The van der Waals surface area contributed by atoms with Crippen LogP contribution in [-0.2, 0) is 16.0 Å². The topological polar surface area (TPSA) is 46.6 Å². The lowest BCUT2D eigenvalue weighted by Gasteiger charge is -2.24. The highest BCUT2D eigenvalue weighted by molar-refractivity contribution is 5.97. The first kappa shape index (κ1) is 19.9. The second-order valence-corrected chi connectivity index (χ2v) is 7.58. The van der Waals surface area contributed by atoms with Crippen LogP contribution in [0.15, 0.2) is 84.9 Å². The van der Waals surface area contributed by atoms with Crippen LogP contribution < -0.4 is 0 Å². The van der Waals surface area contributed by atoms with Crippen molar-refractivity contribution in [3.8, 4) is 11.1 Å². The predicted octanol–water partition coefficient (Wildman–Crippen LogP) is 5.44. The van der Waals surface area contributed by atoms with Crippen LogP contribution in [0.2, 0.25) is 0 Å². The van der Waals surface area contributed by atoms with Crippen molar-refractivity contribution in [1.29, 1.82) is 0 Å². The Labute approximate surface area is 177 Å². The number of hydrogen-bond donors (Lipinski definition) is 0. The number of imide groups is 1. The smallest absolute Gasteiger partial charge is 0.417 e. The van der Waals surface area contributed by atoms with Crippen molar-refractivity contribution in [3.63, 3.8) is 0 Å². The van der Waals surface area contributed by atoms with Crippen molar-refractivity contribution in [3.05, 3.63) is 96.1 Å². The van der Waals surface area contributed by atoms with Crippen LogP contribution in [0.25, 0.3) is 11.1 Å². The first-order valence-corrected chi connectivity index (χ1v) is 10.4. The van der Waals surface area contributed by atoms with Gasteiger partial charge in [-0.1, -0.05) is 91.9 Å². The number of nitrogens with zero attached hydrogens (tertiary/aromatic N) is 1. The molecule has 2 atom stereocenters. The number of carbonyl (C=O) groups is 2. The number of ether oxygens (including phenoxy) is 1. The van der Waals surface area contributed by atoms with Crippen molar-refractivity contribution in [1.82, 2.24) is 4.90 Å². The van der Waals surface area contributed by atoms with Crippen LogP contribution in [-0.4, -0.2) is 29.5 Å². The van der Waals surface area contributed by atoms with E-state index in [2.05, 4.69) is 12.1 Å². The molecule has 1 saturated heterocycles. The number of hydrogen-bond acceptors (Lipinski definition) is 3. The summed E-state index contributed by atoms with van der Waals surface area (Å²) in [7, 11) is 0. The van der Waals surface area contributed by atoms with Crippen LogP contribution in [0, 0.1) is 0 Å². The average Bonchev–Trinajstić information content (AvgIpc) is 3.16. The zero-order valence-corrected chi connectivity index (χ0v) is 17.0. The molecule has 1 aliphatic rings. The van der Waals surface area contributed by atoms with Gasteiger partial charge in [-0.3, -0.25) is 4.79 Å². The van der Waals surface area contributed by atoms with Gasteiger partial charge in [0.2, 0.25) is 5.91 Å². The van der Waals surface area contributed by atoms with E-state index in [0.717, 1.165) is 22.3 Å². The van der Waals surface area contributed by atoms with Crippen molar-refractivity contribution < 1.29 is 14.3 Å². The molecule has 0 radical (unpaired) electrons. The molecule has 1 unspecified atom stereocenters. The third-order valence-corrected chi connectivity index (χ3v) is 5.64. The Morgan fingerprint density at radius 2 is 1.53 bits per heavy atom. The Bertz CT molecular complexity index is 999. The van der Waals surface area contributed by atoms with Crippen molar-refractivity contribution in [2.75, 3.05) is 6.61 Å². The summed E-state index contributed by atoms with van der Waals surface area (Å²) in [4.78, 5) is 27.1. The average molecular weight is 399 g/mol. The van der Waals surface area contributed by atoms with Gasteiger partial charge in [-0.05, 0) is 35.1 Å². The van der Waals surface area contributed by atoms with E-state index in [1.807, 2.05) is 79.7 Å². The third kappa shape index (κ3) is 4.13. The molecule has 0 bridgehead atoms. The van der Waals surface area contributed by atoms with Gasteiger partial charge < -0.3 is 4.74 Å². The Hall–Kier alpha value is -3.40. The van der Waals surface area contributed by atoms with E-state index in [4.69, 9.17) is 4.74 Å². The SMILES string of the molecule is CCC(C(=O)N1C(=O)OC[C@@H]1Cc1ccccc1)c1ccc(-c2ccccc2)cc1. The summed E-state index contributed by atoms with van der Waals surface area (Å²) >= 11 is 0. The van der Waals surface area contributed by atoms with Gasteiger partial charge in [-0.15, -0.1) is 0 Å². The second kappa shape index (κ2) is 8.95. The van der Waals surface area contributed by atoms with E-state index in [1.165, 1.54) is 4.90 Å². The highest BCUT2D eigenvalue weighted by Gasteiger charge is 2.40. The Balaban J connectivity index is 1.54. The maximum atomic E-state index is 13.4. The van der Waals surface area contributed by atoms with Gasteiger partial charge in [0.25, 0.3) is 0 Å². The number of rotatable bonds is 6. The minimum Gasteiger partial charge on any atom is -0.447 e. The second-order valence-electron chi connectivity index (χ2n) is 7.58. The van der Waals surface area contributed by atoms with Gasteiger partial charge in [0, 0.05) is 0 Å². The number of carbonyl (C=O) groups excluding carboxylic acids is 2. The summed E-state index contributed by atoms with van der Waals surface area (Å²) < 4.78 is 5.25. The van der Waals surface area contributed by atoms with E-state index in [9.17, 15) is 9.59 Å². The summed E-state index contributed by atoms with van der Waals surface area (Å²) in [5.74, 6) is -0.563. The van der Waals surface area contributed by atoms with Gasteiger partial charge in [-0.2, -0.15) is 0 Å². The summed E-state index contributed by atoms with van der Waals surface area (Å²) in [5, 5.41) is 0. The van der Waals surface area contributed by atoms with Crippen LogP contribution in [0.4, 0.5) is 4.79 Å². The highest BCUT2D eigenvalue weighted by Crippen LogP contribution is 2.29. The van der Waals surface area contributed by atoms with E-state index in [1.54, 1.807) is 0 Å². The van der Waals surface area contributed by atoms with E-state index in [0.29, 0.717) is 12.8 Å². The molecule has 1 aliphatic heterocycles. The summed E-state index contributed by atoms with van der Waals surface area (Å²) in [6.07, 6.45) is 0.674. The molecule has 3 aromatic carbocycles. The van der Waals surface area contributed by atoms with Crippen molar-refractivity contribution >= 4 is 12.0 Å². The van der Waals surface area contributed by atoms with Gasteiger partial charge in [-0.25, -0.2) is 9.69 Å². The van der Waals surface area contributed by atoms with E-state index < -0.39 is 6.09 Å². The summed E-state index contributed by atoms with van der Waals surface area (Å²) in [6.45, 7) is 2.21. The first-order valence-electron chi connectivity index (χ1n) is 10.4. The minimum absolute atomic E-state index is 0.187. The molecule has 1 fully saturated rings. The molecular weight excluding hydrogens is 374 g/mol. The molecule has 0 saturated carbocycles. The lowest BCUT2D eigenvalue weighted by atomic mass is 9.92. The highest BCUT2D eigenvalue weighted by atomic mass is 16.6. The standard InChI is InChI=1S/C26H25NO3/c1-2-24(22-15-13-21(14-16-22)20-11-7-4-8-12-20)25(28)27-23(18-30-26(27)29)17-19-9-5-3-6-10-19/h3-16,23-24H,2,17-18H2,1H3/t23-,24?/m0/s1. The molecule has 152 valence electrons. The zero-order chi connectivity index (χ0) is 20.9. The normalized spacial score (nSPS) is 16.9. The van der Waals surface area contributed by atoms with Crippen LogP contribution in [0.1, 0.15) is 30.4 Å². The largest absolute Gasteiger partial charge is 0.447 e. The molecule has 0 N–H and O–H groups in total. The molecule has 0 aromatic heterocycles. The molecule has 1 heterocycles. The van der Waals surface area contributed by atoms with Crippen LogP contribution in [0.5, 0.6) is 0 Å². The summed E-state index contributed by atoms with van der Waals surface area (Å²) in [6, 6.07) is 27.8. The maximum absolute atomic E-state index is 13.4. The van der Waals surface area contributed by atoms with Gasteiger partial charge in [0.15, 0.2) is 0 Å². The molecule has 4 heteroatoms. The fourth-order valence-corrected chi connectivity index (χ4v) is 4.03. The van der Waals surface area contributed by atoms with Gasteiger partial charge in [0.1, 0.15) is 6.61 Å². The Kier molecular flexibility index (Phi) is 5.94. The van der Waals surface area contributed by atoms with Crippen LogP contribution in [0.3, 0.4) is 0 Å². The van der Waals surface area contributed by atoms with Gasteiger partial charge in [0.05, 0.1) is 12.0 Å². The predicted molar refractivity (Wildman–Crippen MR) is 117 cm³/mol.